The molecule has 40 heavy (non-hydrogen) atoms. The molecule has 2 heterocycles. The van der Waals surface area contributed by atoms with Crippen LogP contribution in [-0.4, -0.2) is 59.2 Å². The normalized spacial score (nSPS) is 19.1. The van der Waals surface area contributed by atoms with Gasteiger partial charge in [0.15, 0.2) is 0 Å². The van der Waals surface area contributed by atoms with Gasteiger partial charge in [-0.1, -0.05) is 61.4 Å². The Hall–Kier alpha value is -3.45. The van der Waals surface area contributed by atoms with Crippen LogP contribution < -0.4 is 10.6 Å². The highest BCUT2D eigenvalue weighted by Gasteiger charge is 2.38. The summed E-state index contributed by atoms with van der Waals surface area (Å²) in [4.78, 5) is 43.5. The molecule has 3 N–H and O–H groups in total. The van der Waals surface area contributed by atoms with Gasteiger partial charge in [0.05, 0.1) is 6.54 Å². The van der Waals surface area contributed by atoms with Crippen LogP contribution in [0.2, 0.25) is 0 Å². The molecule has 2 aliphatic rings. The highest BCUT2D eigenvalue weighted by molar-refractivity contribution is 5.91. The van der Waals surface area contributed by atoms with Crippen LogP contribution in [0.1, 0.15) is 63.9 Å². The molecular weight excluding hydrogens is 500 g/mol. The molecule has 3 atom stereocenters. The molecule has 7 nitrogen and oxygen atoms in total. The van der Waals surface area contributed by atoms with E-state index >= 15 is 0 Å². The number of hydrogen-bond acceptors (Lipinski definition) is 4. The van der Waals surface area contributed by atoms with Crippen molar-refractivity contribution in [3.63, 3.8) is 0 Å². The molecular formula is C33H42N4O3. The van der Waals surface area contributed by atoms with E-state index < -0.39 is 6.04 Å². The lowest BCUT2D eigenvalue weighted by atomic mass is 10.0. The van der Waals surface area contributed by atoms with Gasteiger partial charge in [-0.3, -0.25) is 14.5 Å². The predicted octanol–water partition coefficient (Wildman–Crippen LogP) is 5.00. The summed E-state index contributed by atoms with van der Waals surface area (Å²) in [6, 6.07) is 18.5. The van der Waals surface area contributed by atoms with Gasteiger partial charge < -0.3 is 20.4 Å². The predicted molar refractivity (Wildman–Crippen MR) is 159 cm³/mol. The Balaban J connectivity index is 1.21. The summed E-state index contributed by atoms with van der Waals surface area (Å²) < 4.78 is 0. The number of rotatable bonds is 14. The number of nitrogens with one attached hydrogen (secondary N) is 3. The van der Waals surface area contributed by atoms with E-state index in [1.54, 1.807) is 6.92 Å². The number of amides is 2. The Labute approximate surface area is 237 Å². The van der Waals surface area contributed by atoms with Gasteiger partial charge in [0.1, 0.15) is 11.8 Å². The van der Waals surface area contributed by atoms with Crippen LogP contribution in [0, 0.1) is 5.92 Å². The van der Waals surface area contributed by atoms with Crippen LogP contribution in [0.15, 0.2) is 54.6 Å². The molecule has 1 aromatic heterocycles. The minimum atomic E-state index is -0.568. The molecule has 2 fully saturated rings. The van der Waals surface area contributed by atoms with Crippen molar-refractivity contribution in [3.8, 4) is 11.3 Å². The van der Waals surface area contributed by atoms with Gasteiger partial charge in [0, 0.05) is 42.1 Å². The van der Waals surface area contributed by atoms with E-state index in [0.717, 1.165) is 53.9 Å². The summed E-state index contributed by atoms with van der Waals surface area (Å²) >= 11 is 0. The number of ketones is 1. The lowest BCUT2D eigenvalue weighted by Gasteiger charge is -2.27. The van der Waals surface area contributed by atoms with Crippen LogP contribution in [0.5, 0.6) is 0 Å². The van der Waals surface area contributed by atoms with Crippen molar-refractivity contribution >= 4 is 28.5 Å². The summed E-state index contributed by atoms with van der Waals surface area (Å²) in [6.45, 7) is 3.45. The number of benzene rings is 2. The zero-order valence-electron chi connectivity index (χ0n) is 23.6. The van der Waals surface area contributed by atoms with Crippen molar-refractivity contribution in [2.45, 2.75) is 76.8 Å². The summed E-state index contributed by atoms with van der Waals surface area (Å²) in [5, 5.41) is 7.32. The number of nitrogens with zero attached hydrogens (tertiary/aromatic N) is 1. The largest absolute Gasteiger partial charge is 0.354 e. The van der Waals surface area contributed by atoms with E-state index in [1.165, 1.54) is 24.8 Å². The molecule has 1 saturated carbocycles. The third-order valence-electron chi connectivity index (χ3n) is 8.59. The average molecular weight is 543 g/mol. The standard InChI is InChI=1S/C33H42N4O3/c1-23(38)10-4-2-7-15-30(35-31(39)22-37-21-24-16-17-26(37)20-24)33(40)34-19-18-28-27-13-8-9-14-29(27)36-32(28)25-11-5-3-6-12-25/h3,5-6,8-9,11-14,24,26,30,36H,2,4,7,10,15-22H2,1H3,(H,34,40)(H,35,39)/t24?,26?,30-/m0/s1. The number of aromatic amines is 1. The van der Waals surface area contributed by atoms with Crippen molar-refractivity contribution in [2.24, 2.45) is 5.92 Å². The highest BCUT2D eigenvalue weighted by atomic mass is 16.2. The van der Waals surface area contributed by atoms with E-state index in [1.807, 2.05) is 30.3 Å². The molecule has 5 rings (SSSR count). The number of hydrogen-bond donors (Lipinski definition) is 3. The van der Waals surface area contributed by atoms with Crippen molar-refractivity contribution in [1.29, 1.82) is 0 Å². The lowest BCUT2D eigenvalue weighted by Crippen LogP contribution is -2.50. The summed E-state index contributed by atoms with van der Waals surface area (Å²) in [5.74, 6) is 0.710. The van der Waals surface area contributed by atoms with Gasteiger partial charge in [-0.2, -0.15) is 0 Å². The molecule has 2 amide bonds. The van der Waals surface area contributed by atoms with Crippen molar-refractivity contribution < 1.29 is 14.4 Å². The van der Waals surface area contributed by atoms with Crippen LogP contribution in [0.3, 0.4) is 0 Å². The van der Waals surface area contributed by atoms with Crippen LogP contribution >= 0.6 is 0 Å². The number of Topliss-reactive ketones (excluding diaryl/α,β-unsaturated/α-hetero) is 1. The first-order chi connectivity index (χ1) is 19.5. The van der Waals surface area contributed by atoms with E-state index in [0.29, 0.717) is 38.4 Å². The molecule has 2 aromatic carbocycles. The van der Waals surface area contributed by atoms with Crippen LogP contribution in [0.25, 0.3) is 22.2 Å². The topological polar surface area (TPSA) is 94.3 Å². The van der Waals surface area contributed by atoms with Gasteiger partial charge in [-0.05, 0) is 68.6 Å². The fourth-order valence-corrected chi connectivity index (χ4v) is 6.56. The quantitative estimate of drug-likeness (QED) is 0.250. The first-order valence-corrected chi connectivity index (χ1v) is 14.9. The molecule has 1 aliphatic heterocycles. The average Bonchev–Trinajstić information content (AvgIpc) is 3.67. The molecule has 212 valence electrons. The number of piperidine rings is 1. The number of aromatic nitrogens is 1. The minimum Gasteiger partial charge on any atom is -0.354 e. The zero-order valence-corrected chi connectivity index (χ0v) is 23.6. The number of carbonyl (C=O) groups is 3. The molecule has 1 saturated heterocycles. The minimum absolute atomic E-state index is 0.0700. The van der Waals surface area contributed by atoms with Crippen molar-refractivity contribution in [3.05, 3.63) is 60.2 Å². The Morgan fingerprint density at radius 1 is 1.00 bits per heavy atom. The molecule has 3 aromatic rings. The number of unbranched alkanes of at least 4 members (excludes halogenated alkanes) is 2. The SMILES string of the molecule is CC(=O)CCCCC[C@H](NC(=O)CN1CC2CCC1C2)C(=O)NCCc1c(-c2ccccc2)[nH]c2ccccc12. The molecule has 0 spiro atoms. The molecule has 2 unspecified atom stereocenters. The molecule has 2 bridgehead atoms. The summed E-state index contributed by atoms with van der Waals surface area (Å²) in [6.07, 6.45) is 7.94. The maximum absolute atomic E-state index is 13.4. The third-order valence-corrected chi connectivity index (χ3v) is 8.59. The van der Waals surface area contributed by atoms with Gasteiger partial charge in [-0.25, -0.2) is 0 Å². The van der Waals surface area contributed by atoms with Gasteiger partial charge >= 0.3 is 0 Å². The van der Waals surface area contributed by atoms with Gasteiger partial charge in [0.25, 0.3) is 0 Å². The second-order valence-electron chi connectivity index (χ2n) is 11.6. The Bertz CT molecular complexity index is 1320. The number of H-pyrrole nitrogens is 1. The van der Waals surface area contributed by atoms with E-state index in [-0.39, 0.29) is 17.6 Å². The Morgan fingerprint density at radius 3 is 2.55 bits per heavy atom. The van der Waals surface area contributed by atoms with Gasteiger partial charge in [-0.15, -0.1) is 0 Å². The lowest BCUT2D eigenvalue weighted by molar-refractivity contribution is -0.130. The second kappa shape index (κ2) is 13.3. The van der Waals surface area contributed by atoms with E-state index in [4.69, 9.17) is 0 Å². The smallest absolute Gasteiger partial charge is 0.242 e. The maximum Gasteiger partial charge on any atom is 0.242 e. The number of carbonyl (C=O) groups excluding carboxylic acids is 3. The second-order valence-corrected chi connectivity index (χ2v) is 11.6. The summed E-state index contributed by atoms with van der Waals surface area (Å²) in [5.41, 5.74) is 4.45. The van der Waals surface area contributed by atoms with Gasteiger partial charge in [0.2, 0.25) is 11.8 Å². The van der Waals surface area contributed by atoms with Crippen molar-refractivity contribution in [2.75, 3.05) is 19.6 Å². The number of fused-ring (bicyclic) bond motifs is 3. The molecule has 1 aliphatic carbocycles. The fraction of sp³-hybridized carbons (Fsp3) is 0.485. The first-order valence-electron chi connectivity index (χ1n) is 14.9. The number of likely N-dealkylation sites (tertiary alicyclic amines) is 1. The first kappa shape index (κ1) is 28.1. The maximum atomic E-state index is 13.4. The van der Waals surface area contributed by atoms with Crippen molar-refractivity contribution in [1.82, 2.24) is 20.5 Å². The highest BCUT2D eigenvalue weighted by Crippen LogP contribution is 2.37. The van der Waals surface area contributed by atoms with E-state index in [2.05, 4.69) is 44.8 Å². The number of para-hydroxylation sites is 1. The van der Waals surface area contributed by atoms with Crippen LogP contribution in [-0.2, 0) is 20.8 Å². The van der Waals surface area contributed by atoms with E-state index in [9.17, 15) is 14.4 Å². The zero-order chi connectivity index (χ0) is 27.9. The Morgan fingerprint density at radius 2 is 1.80 bits per heavy atom. The third kappa shape index (κ3) is 7.00. The van der Waals surface area contributed by atoms with Crippen LogP contribution in [0.4, 0.5) is 0 Å². The fourth-order valence-electron chi connectivity index (χ4n) is 6.56. The molecule has 7 heteroatoms. The molecule has 0 radical (unpaired) electrons. The Kier molecular flexibility index (Phi) is 9.32. The monoisotopic (exact) mass is 542 g/mol. The summed E-state index contributed by atoms with van der Waals surface area (Å²) in [7, 11) is 0.